The van der Waals surface area contributed by atoms with Crippen LogP contribution in [0.25, 0.3) is 11.1 Å². The number of rotatable bonds is 12. The average Bonchev–Trinajstić information content (AvgIpc) is 2.82. The lowest BCUT2D eigenvalue weighted by molar-refractivity contribution is -0.253. The zero-order valence-corrected chi connectivity index (χ0v) is 19.3. The summed E-state index contributed by atoms with van der Waals surface area (Å²) in [6, 6.07) is 9.83. The van der Waals surface area contributed by atoms with E-state index in [1.165, 1.54) is 31.0 Å². The van der Waals surface area contributed by atoms with Gasteiger partial charge in [0.1, 0.15) is 11.6 Å². The van der Waals surface area contributed by atoms with E-state index in [-0.39, 0.29) is 11.9 Å². The first kappa shape index (κ1) is 26.4. The van der Waals surface area contributed by atoms with Gasteiger partial charge >= 0.3 is 12.5 Å². The van der Waals surface area contributed by atoms with Gasteiger partial charge in [-0.25, -0.2) is 4.39 Å². The Morgan fingerprint density at radius 2 is 1.68 bits per heavy atom. The van der Waals surface area contributed by atoms with Crippen molar-refractivity contribution < 1.29 is 36.2 Å². The Morgan fingerprint density at radius 3 is 2.29 bits per heavy atom. The monoisotopic (exact) mass is 486 g/mol. The summed E-state index contributed by atoms with van der Waals surface area (Å²) in [6.45, 7) is 3.67. The summed E-state index contributed by atoms with van der Waals surface area (Å²) < 4.78 is 80.8. The molecule has 0 unspecified atom stereocenters. The Balaban J connectivity index is 1.44. The molecule has 2 aromatic rings. The van der Waals surface area contributed by atoms with E-state index in [0.717, 1.165) is 56.6 Å². The fraction of sp³-hybridized carbons (Fsp3) is 0.538. The fourth-order valence-electron chi connectivity index (χ4n) is 3.90. The molecular formula is C26H31F5O3. The number of benzene rings is 2. The van der Waals surface area contributed by atoms with Gasteiger partial charge in [-0.05, 0) is 61.4 Å². The van der Waals surface area contributed by atoms with Gasteiger partial charge in [0, 0.05) is 11.5 Å². The number of ether oxygens (including phenoxy) is 3. The minimum atomic E-state index is -4.58. The van der Waals surface area contributed by atoms with Gasteiger partial charge in [-0.1, -0.05) is 44.0 Å². The summed E-state index contributed by atoms with van der Waals surface area (Å²) >= 11 is 0. The van der Waals surface area contributed by atoms with E-state index in [0.29, 0.717) is 17.9 Å². The van der Waals surface area contributed by atoms with Crippen molar-refractivity contribution in [3.63, 3.8) is 0 Å². The van der Waals surface area contributed by atoms with E-state index in [1.54, 1.807) is 6.07 Å². The molecule has 0 amide bonds. The smallest absolute Gasteiger partial charge is 0.428 e. The lowest BCUT2D eigenvalue weighted by Gasteiger charge is -2.29. The molecule has 34 heavy (non-hydrogen) atoms. The van der Waals surface area contributed by atoms with E-state index in [2.05, 4.69) is 11.7 Å². The normalized spacial score (nSPS) is 18.9. The fourth-order valence-corrected chi connectivity index (χ4v) is 3.90. The second kappa shape index (κ2) is 12.5. The van der Waals surface area contributed by atoms with Crippen LogP contribution in [0, 0.1) is 11.7 Å². The molecule has 0 bridgehead atoms. The topological polar surface area (TPSA) is 27.7 Å². The van der Waals surface area contributed by atoms with E-state index in [9.17, 15) is 22.0 Å². The second-order valence-electron chi connectivity index (χ2n) is 8.65. The lowest BCUT2D eigenvalue weighted by atomic mass is 10.00. The summed E-state index contributed by atoms with van der Waals surface area (Å²) in [7, 11) is 0. The van der Waals surface area contributed by atoms with Crippen molar-refractivity contribution in [3.8, 4) is 16.9 Å². The highest BCUT2D eigenvalue weighted by molar-refractivity contribution is 5.65. The molecule has 0 aromatic heterocycles. The number of alkyl halides is 4. The van der Waals surface area contributed by atoms with Crippen LogP contribution in [0.4, 0.5) is 22.0 Å². The maximum Gasteiger partial charge on any atom is 0.461 e. The Bertz CT molecular complexity index is 881. The molecule has 8 heteroatoms. The van der Waals surface area contributed by atoms with Crippen molar-refractivity contribution in [1.29, 1.82) is 0 Å². The number of aryl methyl sites for hydroxylation is 1. The molecule has 3 rings (SSSR count). The van der Waals surface area contributed by atoms with Crippen LogP contribution in [0.1, 0.15) is 51.0 Å². The Morgan fingerprint density at radius 1 is 0.971 bits per heavy atom. The maximum absolute atomic E-state index is 14.6. The molecule has 0 spiro atoms. The van der Waals surface area contributed by atoms with E-state index in [4.69, 9.17) is 9.47 Å². The molecule has 1 aliphatic rings. The van der Waals surface area contributed by atoms with Crippen molar-refractivity contribution in [2.24, 2.45) is 5.92 Å². The number of hydrogen-bond donors (Lipinski definition) is 0. The molecule has 0 atom stereocenters. The highest BCUT2D eigenvalue weighted by Gasteiger charge is 2.43. The van der Waals surface area contributed by atoms with Crippen LogP contribution in [0.5, 0.6) is 5.75 Å². The molecule has 1 saturated heterocycles. The van der Waals surface area contributed by atoms with Gasteiger partial charge in [0.15, 0.2) is 6.29 Å². The molecule has 1 heterocycles. The minimum Gasteiger partial charge on any atom is -0.428 e. The van der Waals surface area contributed by atoms with Crippen molar-refractivity contribution in [2.45, 2.75) is 70.7 Å². The van der Waals surface area contributed by atoms with Crippen molar-refractivity contribution >= 4 is 0 Å². The van der Waals surface area contributed by atoms with Gasteiger partial charge in [0.25, 0.3) is 0 Å². The average molecular weight is 487 g/mol. The third kappa shape index (κ3) is 7.67. The molecule has 0 N–H and O–H groups in total. The van der Waals surface area contributed by atoms with Gasteiger partial charge in [0.05, 0.1) is 13.2 Å². The van der Waals surface area contributed by atoms with Crippen molar-refractivity contribution in [1.82, 2.24) is 0 Å². The molecule has 188 valence electrons. The number of hydrogen-bond acceptors (Lipinski definition) is 3. The summed E-state index contributed by atoms with van der Waals surface area (Å²) in [5, 5.41) is 0. The van der Waals surface area contributed by atoms with E-state index in [1.807, 2.05) is 6.07 Å². The third-order valence-electron chi connectivity index (χ3n) is 5.86. The molecule has 0 radical (unpaired) electrons. The molecule has 1 aliphatic heterocycles. The van der Waals surface area contributed by atoms with Crippen LogP contribution in [-0.2, 0) is 15.9 Å². The third-order valence-corrected chi connectivity index (χ3v) is 5.86. The van der Waals surface area contributed by atoms with Crippen LogP contribution >= 0.6 is 0 Å². The molecule has 1 fully saturated rings. The standard InChI is InChI=1S/C26H31F5O3/c1-2-3-6-19-16-32-24(33-17-19)8-5-4-7-18-9-14-22(23(27)15-18)20-10-12-21(13-11-20)34-26(30,31)25(28)29/h9-15,19,24-25H,2-8,16-17H2,1H3. The molecule has 3 nitrogen and oxygen atoms in total. The summed E-state index contributed by atoms with van der Waals surface area (Å²) in [4.78, 5) is 0. The SMILES string of the molecule is CCCCC1COC(CCCCc2ccc(-c3ccc(OC(F)(F)C(F)F)cc3)c(F)c2)OC1. The van der Waals surface area contributed by atoms with Crippen LogP contribution in [0.2, 0.25) is 0 Å². The van der Waals surface area contributed by atoms with E-state index >= 15 is 0 Å². The highest BCUT2D eigenvalue weighted by Crippen LogP contribution is 2.30. The van der Waals surface area contributed by atoms with Crippen LogP contribution < -0.4 is 4.74 Å². The number of halogens is 5. The minimum absolute atomic E-state index is 0.162. The number of unbranched alkanes of at least 4 members (excludes halogenated alkanes) is 2. The van der Waals surface area contributed by atoms with Gasteiger partial charge in [0.2, 0.25) is 0 Å². The van der Waals surface area contributed by atoms with Crippen LogP contribution in [-0.4, -0.2) is 32.0 Å². The first-order valence-corrected chi connectivity index (χ1v) is 11.8. The molecule has 2 aromatic carbocycles. The predicted octanol–water partition coefficient (Wildman–Crippen LogP) is 7.62. The lowest BCUT2D eigenvalue weighted by Crippen LogP contribution is -2.33. The molecular weight excluding hydrogens is 455 g/mol. The second-order valence-corrected chi connectivity index (χ2v) is 8.65. The zero-order chi connectivity index (χ0) is 24.6. The maximum atomic E-state index is 14.6. The largest absolute Gasteiger partial charge is 0.461 e. The van der Waals surface area contributed by atoms with Gasteiger partial charge in [-0.3, -0.25) is 0 Å². The van der Waals surface area contributed by atoms with Crippen molar-refractivity contribution in [2.75, 3.05) is 13.2 Å². The Labute approximate surface area is 197 Å². The van der Waals surface area contributed by atoms with Gasteiger partial charge in [-0.15, -0.1) is 0 Å². The Hall–Kier alpha value is -2.19. The first-order valence-electron chi connectivity index (χ1n) is 11.8. The van der Waals surface area contributed by atoms with Gasteiger partial charge in [-0.2, -0.15) is 17.6 Å². The zero-order valence-electron chi connectivity index (χ0n) is 19.3. The van der Waals surface area contributed by atoms with Crippen LogP contribution in [0.3, 0.4) is 0 Å². The summed E-state index contributed by atoms with van der Waals surface area (Å²) in [6.07, 6.45) is -1.90. The molecule has 0 saturated carbocycles. The van der Waals surface area contributed by atoms with Gasteiger partial charge < -0.3 is 14.2 Å². The summed E-state index contributed by atoms with van der Waals surface area (Å²) in [5.41, 5.74) is 1.57. The highest BCUT2D eigenvalue weighted by atomic mass is 19.3. The molecule has 0 aliphatic carbocycles. The predicted molar refractivity (Wildman–Crippen MR) is 120 cm³/mol. The first-order chi connectivity index (χ1) is 16.3. The summed E-state index contributed by atoms with van der Waals surface area (Å²) in [5.74, 6) is -0.380. The van der Waals surface area contributed by atoms with Crippen molar-refractivity contribution in [3.05, 3.63) is 53.8 Å². The van der Waals surface area contributed by atoms with E-state index < -0.39 is 24.1 Å². The Kier molecular flexibility index (Phi) is 9.71. The van der Waals surface area contributed by atoms with Crippen LogP contribution in [0.15, 0.2) is 42.5 Å². The quantitative estimate of drug-likeness (QED) is 0.228.